The number of halogens is 2. The third kappa shape index (κ3) is 1.75. The Morgan fingerprint density at radius 3 is 2.67 bits per heavy atom. The van der Waals surface area contributed by atoms with E-state index in [1.807, 2.05) is 35.9 Å². The monoisotopic (exact) mass is 241 g/mol. The van der Waals surface area contributed by atoms with Crippen LogP contribution in [-0.4, -0.2) is 15.2 Å². The zero-order valence-electron chi connectivity index (χ0n) is 8.08. The number of benzene rings is 1. The lowest BCUT2D eigenvalue weighted by Gasteiger charge is -1.97. The molecule has 78 valence electrons. The molecular weight excluding hydrogens is 233 g/mol. The molecule has 0 atom stereocenters. The highest BCUT2D eigenvalue weighted by molar-refractivity contribution is 6.55. The molecule has 0 bridgehead atoms. The average Bonchev–Trinajstić information content (AvgIpc) is 2.56. The Morgan fingerprint density at radius 2 is 2.00 bits per heavy atom. The number of nitrogens with zero attached hydrogens (tertiary/aromatic N) is 1. The molecule has 0 N–H and O–H groups in total. The second-order valence-corrected chi connectivity index (χ2v) is 4.43. The van der Waals surface area contributed by atoms with Gasteiger partial charge in [-0.05, 0) is 6.07 Å². The number of aromatic nitrogens is 1. The van der Waals surface area contributed by atoms with Gasteiger partial charge in [0.05, 0.1) is 0 Å². The van der Waals surface area contributed by atoms with Crippen LogP contribution in [-0.2, 0) is 7.05 Å². The fourth-order valence-electron chi connectivity index (χ4n) is 1.66. The highest BCUT2D eigenvalue weighted by atomic mass is 35.5. The molecule has 0 fully saturated rings. The Morgan fingerprint density at radius 1 is 1.33 bits per heavy atom. The summed E-state index contributed by atoms with van der Waals surface area (Å²) < 4.78 is 1.89. The van der Waals surface area contributed by atoms with Crippen molar-refractivity contribution in [1.29, 1.82) is 0 Å². The number of Topliss-reactive ketones (excluding diaryl/α,β-unsaturated/α-hetero) is 1. The van der Waals surface area contributed by atoms with Crippen molar-refractivity contribution in [2.75, 3.05) is 0 Å². The lowest BCUT2D eigenvalue weighted by atomic mass is 10.1. The number of hydrogen-bond donors (Lipinski definition) is 0. The van der Waals surface area contributed by atoms with Crippen LogP contribution >= 0.6 is 23.2 Å². The van der Waals surface area contributed by atoms with E-state index < -0.39 is 4.84 Å². The van der Waals surface area contributed by atoms with Gasteiger partial charge in [-0.3, -0.25) is 4.79 Å². The molecule has 0 saturated heterocycles. The molecule has 0 radical (unpaired) electrons. The van der Waals surface area contributed by atoms with Gasteiger partial charge in [0.1, 0.15) is 0 Å². The largest absolute Gasteiger partial charge is 0.350 e. The zero-order chi connectivity index (χ0) is 11.0. The van der Waals surface area contributed by atoms with Gasteiger partial charge in [0.15, 0.2) is 10.6 Å². The van der Waals surface area contributed by atoms with Gasteiger partial charge in [0, 0.05) is 29.7 Å². The molecule has 2 aromatic rings. The van der Waals surface area contributed by atoms with E-state index in [2.05, 4.69) is 0 Å². The molecule has 2 rings (SSSR count). The number of para-hydroxylation sites is 1. The predicted octanol–water partition coefficient (Wildman–Crippen LogP) is 3.16. The smallest absolute Gasteiger partial charge is 0.197 e. The summed E-state index contributed by atoms with van der Waals surface area (Å²) in [5, 5.41) is 0.885. The highest BCUT2D eigenvalue weighted by Crippen LogP contribution is 2.23. The first-order valence-electron chi connectivity index (χ1n) is 4.47. The van der Waals surface area contributed by atoms with Gasteiger partial charge in [-0.25, -0.2) is 0 Å². The van der Waals surface area contributed by atoms with E-state index in [4.69, 9.17) is 23.2 Å². The summed E-state index contributed by atoms with van der Waals surface area (Å²) in [5.41, 5.74) is 1.57. The van der Waals surface area contributed by atoms with Gasteiger partial charge in [-0.1, -0.05) is 41.4 Å². The quantitative estimate of drug-likeness (QED) is 0.585. The number of ketones is 1. The minimum absolute atomic E-state index is 0.255. The molecule has 1 heterocycles. The van der Waals surface area contributed by atoms with Gasteiger partial charge >= 0.3 is 0 Å². The van der Waals surface area contributed by atoms with Gasteiger partial charge in [-0.2, -0.15) is 0 Å². The molecule has 1 aromatic carbocycles. The molecule has 0 amide bonds. The Hall–Kier alpha value is -0.990. The summed E-state index contributed by atoms with van der Waals surface area (Å²) in [7, 11) is 1.89. The van der Waals surface area contributed by atoms with Crippen molar-refractivity contribution in [2.24, 2.45) is 7.05 Å². The van der Waals surface area contributed by atoms with Crippen molar-refractivity contribution in [2.45, 2.75) is 4.84 Å². The predicted molar refractivity (Wildman–Crippen MR) is 62.7 cm³/mol. The number of hydrogen-bond acceptors (Lipinski definition) is 1. The highest BCUT2D eigenvalue weighted by Gasteiger charge is 2.18. The number of fused-ring (bicyclic) bond motifs is 1. The number of rotatable bonds is 2. The van der Waals surface area contributed by atoms with E-state index in [0.717, 1.165) is 10.9 Å². The maximum absolute atomic E-state index is 11.7. The summed E-state index contributed by atoms with van der Waals surface area (Å²) in [6.07, 6.45) is 1.75. The van der Waals surface area contributed by atoms with E-state index in [0.29, 0.717) is 5.56 Å². The van der Waals surface area contributed by atoms with Crippen molar-refractivity contribution in [1.82, 2.24) is 4.57 Å². The second-order valence-electron chi connectivity index (χ2n) is 3.34. The molecule has 0 aliphatic rings. The zero-order valence-corrected chi connectivity index (χ0v) is 9.59. The Labute approximate surface area is 97.4 Å². The standard InChI is InChI=1S/C11H9Cl2NO/c1-14-6-8(10(15)11(12)13)7-4-2-3-5-9(7)14/h2-6,11H,1H3. The Balaban J connectivity index is 2.67. The fraction of sp³-hybridized carbons (Fsp3) is 0.182. The van der Waals surface area contributed by atoms with Crippen LogP contribution in [0.25, 0.3) is 10.9 Å². The summed E-state index contributed by atoms with van der Waals surface area (Å²) in [5.74, 6) is -0.255. The van der Waals surface area contributed by atoms with E-state index in [-0.39, 0.29) is 5.78 Å². The number of alkyl halides is 2. The van der Waals surface area contributed by atoms with Crippen LogP contribution in [0.2, 0.25) is 0 Å². The van der Waals surface area contributed by atoms with Crippen LogP contribution in [0.3, 0.4) is 0 Å². The minimum Gasteiger partial charge on any atom is -0.350 e. The molecule has 0 spiro atoms. The van der Waals surface area contributed by atoms with Crippen LogP contribution in [0.15, 0.2) is 30.5 Å². The summed E-state index contributed by atoms with van der Waals surface area (Å²) in [6, 6.07) is 7.65. The van der Waals surface area contributed by atoms with Crippen LogP contribution in [0.4, 0.5) is 0 Å². The molecule has 1 aromatic heterocycles. The molecule has 4 heteroatoms. The molecule has 0 unspecified atom stereocenters. The molecule has 0 aliphatic heterocycles. The molecule has 0 aliphatic carbocycles. The van der Waals surface area contributed by atoms with Crippen LogP contribution < -0.4 is 0 Å². The summed E-state index contributed by atoms with van der Waals surface area (Å²) >= 11 is 11.2. The normalized spacial score (nSPS) is 11.2. The summed E-state index contributed by atoms with van der Waals surface area (Å²) in [4.78, 5) is 10.7. The van der Waals surface area contributed by atoms with E-state index >= 15 is 0 Å². The van der Waals surface area contributed by atoms with Crippen molar-refractivity contribution in [3.05, 3.63) is 36.0 Å². The van der Waals surface area contributed by atoms with Crippen molar-refractivity contribution >= 4 is 39.9 Å². The SMILES string of the molecule is Cn1cc(C(=O)C(Cl)Cl)c2ccccc21. The van der Waals surface area contributed by atoms with Gasteiger partial charge in [-0.15, -0.1) is 0 Å². The van der Waals surface area contributed by atoms with Crippen molar-refractivity contribution < 1.29 is 4.79 Å². The molecule has 15 heavy (non-hydrogen) atoms. The lowest BCUT2D eigenvalue weighted by Crippen LogP contribution is -2.07. The summed E-state index contributed by atoms with van der Waals surface area (Å²) in [6.45, 7) is 0. The minimum atomic E-state index is -1.00. The van der Waals surface area contributed by atoms with Crippen LogP contribution in [0.1, 0.15) is 10.4 Å². The topological polar surface area (TPSA) is 22.0 Å². The second kappa shape index (κ2) is 3.87. The Bertz CT molecular complexity index is 516. The molecule has 2 nitrogen and oxygen atoms in total. The van der Waals surface area contributed by atoms with Gasteiger partial charge in [0.2, 0.25) is 0 Å². The van der Waals surface area contributed by atoms with Crippen LogP contribution in [0, 0.1) is 0 Å². The number of carbonyl (C=O) groups excluding carboxylic acids is 1. The van der Waals surface area contributed by atoms with Gasteiger partial charge in [0.25, 0.3) is 0 Å². The van der Waals surface area contributed by atoms with E-state index in [1.165, 1.54) is 0 Å². The maximum atomic E-state index is 11.7. The first-order chi connectivity index (χ1) is 7.11. The van der Waals surface area contributed by atoms with Crippen molar-refractivity contribution in [3.8, 4) is 0 Å². The number of aryl methyl sites for hydroxylation is 1. The third-order valence-corrected chi connectivity index (χ3v) is 2.76. The lowest BCUT2D eigenvalue weighted by molar-refractivity contribution is 0.101. The molecule has 0 saturated carbocycles. The van der Waals surface area contributed by atoms with E-state index in [9.17, 15) is 4.79 Å². The Kier molecular flexibility index (Phi) is 2.72. The first kappa shape index (κ1) is 10.5. The van der Waals surface area contributed by atoms with Gasteiger partial charge < -0.3 is 4.57 Å². The average molecular weight is 242 g/mol. The third-order valence-electron chi connectivity index (χ3n) is 2.36. The van der Waals surface area contributed by atoms with Crippen LogP contribution in [0.5, 0.6) is 0 Å². The fourth-order valence-corrected chi connectivity index (χ4v) is 1.89. The van der Waals surface area contributed by atoms with E-state index in [1.54, 1.807) is 6.20 Å². The molecular formula is C11H9Cl2NO. The maximum Gasteiger partial charge on any atom is 0.197 e. The number of carbonyl (C=O) groups is 1. The first-order valence-corrected chi connectivity index (χ1v) is 5.35. The van der Waals surface area contributed by atoms with Crippen molar-refractivity contribution in [3.63, 3.8) is 0 Å².